The van der Waals surface area contributed by atoms with Gasteiger partial charge in [0, 0.05) is 34.6 Å². The van der Waals surface area contributed by atoms with Crippen molar-refractivity contribution in [3.63, 3.8) is 0 Å². The second-order valence-corrected chi connectivity index (χ2v) is 9.84. The Morgan fingerprint density at radius 1 is 0.238 bits per heavy atom. The van der Waals surface area contributed by atoms with Crippen LogP contribution in [0.1, 0.15) is 0 Å². The Kier molecular flexibility index (Phi) is 6.81. The largest absolute Gasteiger partial charge is 0.237 e. The molecule has 0 unspecified atom stereocenters. The lowest BCUT2D eigenvalue weighted by molar-refractivity contribution is 1.07. The van der Waals surface area contributed by atoms with Gasteiger partial charge < -0.3 is 0 Å². The van der Waals surface area contributed by atoms with E-state index < -0.39 is 0 Å². The normalized spacial score (nSPS) is 10.9. The van der Waals surface area contributed by atoms with E-state index >= 15 is 0 Å². The molecule has 0 N–H and O–H groups in total. The molecule has 0 saturated carbocycles. The Hall–Kier alpha value is -5.81. The number of nitrogens with zero attached hydrogens (tertiary/aromatic N) is 5. The van der Waals surface area contributed by atoms with Crippen LogP contribution in [0.2, 0.25) is 0 Å². The van der Waals surface area contributed by atoms with E-state index in [9.17, 15) is 0 Å². The van der Waals surface area contributed by atoms with E-state index in [2.05, 4.69) is 82.8 Å². The lowest BCUT2D eigenvalue weighted by atomic mass is 9.99. The van der Waals surface area contributed by atoms with Crippen molar-refractivity contribution in [2.24, 2.45) is 0 Å². The molecule has 0 aliphatic carbocycles. The van der Waals surface area contributed by atoms with Crippen LogP contribution in [0.3, 0.4) is 0 Å². The monoisotopic (exact) mass is 539 g/mol. The summed E-state index contributed by atoms with van der Waals surface area (Å²) < 4.78 is 0. The lowest BCUT2D eigenvalue weighted by Crippen LogP contribution is -2.00. The smallest absolute Gasteiger partial charge is 0.164 e. The maximum atomic E-state index is 4.90. The molecule has 7 rings (SSSR count). The summed E-state index contributed by atoms with van der Waals surface area (Å²) in [6.07, 6.45) is 3.48. The van der Waals surface area contributed by atoms with E-state index in [1.54, 1.807) is 12.4 Å². The highest BCUT2D eigenvalue weighted by Gasteiger charge is 2.13. The Balaban J connectivity index is 1.22. The fourth-order valence-electron chi connectivity index (χ4n) is 4.86. The molecule has 0 radical (unpaired) electrons. The van der Waals surface area contributed by atoms with Crippen molar-refractivity contribution in [1.29, 1.82) is 0 Å². The molecule has 0 spiro atoms. The molecule has 0 aliphatic rings. The van der Waals surface area contributed by atoms with Crippen LogP contribution in [-0.2, 0) is 0 Å². The van der Waals surface area contributed by atoms with Crippen LogP contribution in [0, 0.1) is 0 Å². The topological polar surface area (TPSA) is 64.5 Å². The summed E-state index contributed by atoms with van der Waals surface area (Å²) in [5, 5.41) is 0. The number of aromatic nitrogens is 5. The molecule has 5 heteroatoms. The molecule has 0 amide bonds. The minimum absolute atomic E-state index is 0.611. The van der Waals surface area contributed by atoms with Crippen molar-refractivity contribution in [2.45, 2.75) is 0 Å². The molecule has 198 valence electrons. The van der Waals surface area contributed by atoms with E-state index in [4.69, 9.17) is 15.0 Å². The quantitative estimate of drug-likeness (QED) is 0.212. The predicted octanol–water partition coefficient (Wildman–Crippen LogP) is 8.66. The highest BCUT2D eigenvalue weighted by molar-refractivity contribution is 5.73. The van der Waals surface area contributed by atoms with Gasteiger partial charge in [0.05, 0.1) is 0 Å². The maximum absolute atomic E-state index is 4.90. The van der Waals surface area contributed by atoms with Gasteiger partial charge in [-0.25, -0.2) is 24.9 Å². The molecule has 0 aliphatic heterocycles. The average molecular weight is 540 g/mol. The highest BCUT2D eigenvalue weighted by atomic mass is 15.0. The summed E-state index contributed by atoms with van der Waals surface area (Å²) in [4.78, 5) is 23.3. The van der Waals surface area contributed by atoms with Gasteiger partial charge in [0.25, 0.3) is 0 Å². The third-order valence-corrected chi connectivity index (χ3v) is 7.10. The van der Waals surface area contributed by atoms with Crippen LogP contribution in [0.5, 0.6) is 0 Å². The van der Waals surface area contributed by atoms with Gasteiger partial charge in [0.2, 0.25) is 0 Å². The molecule has 0 fully saturated rings. The Labute approximate surface area is 244 Å². The molecular formula is C37H25N5. The first kappa shape index (κ1) is 25.2. The molecule has 2 heterocycles. The van der Waals surface area contributed by atoms with Gasteiger partial charge in [-0.3, -0.25) is 0 Å². The standard InChI is InChI=1S/C37H25N5/c1-3-8-26(9-4-1)27-12-14-28(15-13-27)29-16-18-32(19-17-29)36-40-35(30-10-5-2-6-11-30)41-37(42-36)33-22-20-31(21-23-33)34-38-24-7-25-39-34/h1-25H. The van der Waals surface area contributed by atoms with Gasteiger partial charge in [-0.15, -0.1) is 0 Å². The highest BCUT2D eigenvalue weighted by Crippen LogP contribution is 2.29. The fraction of sp³-hybridized carbons (Fsp3) is 0. The SMILES string of the molecule is c1ccc(-c2ccc(-c3ccc(-c4nc(-c5ccccc5)nc(-c5ccc(-c6ncccn6)cc5)n4)cc3)cc2)cc1. The first-order chi connectivity index (χ1) is 20.8. The minimum atomic E-state index is 0.611. The van der Waals surface area contributed by atoms with Crippen LogP contribution >= 0.6 is 0 Å². The summed E-state index contributed by atoms with van der Waals surface area (Å²) in [7, 11) is 0. The molecule has 2 aromatic heterocycles. The number of rotatable bonds is 6. The minimum Gasteiger partial charge on any atom is -0.237 e. The Morgan fingerprint density at radius 3 is 0.929 bits per heavy atom. The van der Waals surface area contributed by atoms with E-state index in [1.165, 1.54) is 11.1 Å². The molecule has 42 heavy (non-hydrogen) atoms. The van der Waals surface area contributed by atoms with Gasteiger partial charge >= 0.3 is 0 Å². The number of benzene rings is 5. The van der Waals surface area contributed by atoms with Gasteiger partial charge in [0.1, 0.15) is 0 Å². The van der Waals surface area contributed by atoms with Crippen molar-refractivity contribution in [3.05, 3.63) is 152 Å². The van der Waals surface area contributed by atoms with Crippen LogP contribution in [0.25, 0.3) is 67.8 Å². The molecule has 7 aromatic rings. The second kappa shape index (κ2) is 11.4. The summed E-state index contributed by atoms with van der Waals surface area (Å²) in [6, 6.07) is 47.3. The first-order valence-corrected chi connectivity index (χ1v) is 13.8. The van der Waals surface area contributed by atoms with E-state index in [0.29, 0.717) is 23.3 Å². The molecule has 5 aromatic carbocycles. The molecule has 0 atom stereocenters. The summed E-state index contributed by atoms with van der Waals surface area (Å²) >= 11 is 0. The predicted molar refractivity (Wildman–Crippen MR) is 168 cm³/mol. The van der Waals surface area contributed by atoms with Crippen molar-refractivity contribution >= 4 is 0 Å². The zero-order chi connectivity index (χ0) is 28.1. The fourth-order valence-corrected chi connectivity index (χ4v) is 4.86. The van der Waals surface area contributed by atoms with Crippen LogP contribution in [-0.4, -0.2) is 24.9 Å². The zero-order valence-corrected chi connectivity index (χ0v) is 22.7. The molecule has 0 saturated heterocycles. The Morgan fingerprint density at radius 2 is 0.524 bits per heavy atom. The lowest BCUT2D eigenvalue weighted by Gasteiger charge is -2.10. The van der Waals surface area contributed by atoms with E-state index in [1.807, 2.05) is 66.7 Å². The zero-order valence-electron chi connectivity index (χ0n) is 22.7. The van der Waals surface area contributed by atoms with Gasteiger partial charge in [0.15, 0.2) is 23.3 Å². The number of hydrogen-bond acceptors (Lipinski definition) is 5. The summed E-state index contributed by atoms with van der Waals surface area (Å²) in [6.45, 7) is 0. The van der Waals surface area contributed by atoms with E-state index in [0.717, 1.165) is 33.4 Å². The van der Waals surface area contributed by atoms with Crippen molar-refractivity contribution in [3.8, 4) is 67.8 Å². The van der Waals surface area contributed by atoms with Crippen molar-refractivity contribution in [1.82, 2.24) is 24.9 Å². The van der Waals surface area contributed by atoms with E-state index in [-0.39, 0.29) is 0 Å². The number of hydrogen-bond donors (Lipinski definition) is 0. The molecular weight excluding hydrogens is 514 g/mol. The van der Waals surface area contributed by atoms with Crippen LogP contribution in [0.15, 0.2) is 152 Å². The molecule has 5 nitrogen and oxygen atoms in total. The second-order valence-electron chi connectivity index (χ2n) is 9.84. The maximum Gasteiger partial charge on any atom is 0.164 e. The van der Waals surface area contributed by atoms with Crippen molar-refractivity contribution < 1.29 is 0 Å². The van der Waals surface area contributed by atoms with Gasteiger partial charge in [-0.05, 0) is 28.3 Å². The summed E-state index contributed by atoms with van der Waals surface area (Å²) in [5.41, 5.74) is 8.39. The van der Waals surface area contributed by atoms with Crippen LogP contribution in [0.4, 0.5) is 0 Å². The Bertz CT molecular complexity index is 1920. The third-order valence-electron chi connectivity index (χ3n) is 7.10. The van der Waals surface area contributed by atoms with Gasteiger partial charge in [-0.1, -0.05) is 133 Å². The average Bonchev–Trinajstić information content (AvgIpc) is 3.09. The third kappa shape index (κ3) is 5.31. The van der Waals surface area contributed by atoms with Crippen LogP contribution < -0.4 is 0 Å². The van der Waals surface area contributed by atoms with Crippen molar-refractivity contribution in [2.75, 3.05) is 0 Å². The van der Waals surface area contributed by atoms with Gasteiger partial charge in [-0.2, -0.15) is 0 Å². The first-order valence-electron chi connectivity index (χ1n) is 13.8. The summed E-state index contributed by atoms with van der Waals surface area (Å²) in [5.74, 6) is 2.55. The molecule has 0 bridgehead atoms.